The highest BCUT2D eigenvalue weighted by Gasteiger charge is 2.43. The zero-order chi connectivity index (χ0) is 34.1. The predicted octanol–water partition coefficient (Wildman–Crippen LogP) is 7.75. The van der Waals surface area contributed by atoms with Crippen molar-refractivity contribution in [3.05, 3.63) is 184 Å². The number of hydrogen-bond acceptors (Lipinski definition) is 4. The van der Waals surface area contributed by atoms with Gasteiger partial charge in [0, 0.05) is 18.0 Å². The molecule has 1 atom stereocenters. The van der Waals surface area contributed by atoms with Crippen LogP contribution in [0, 0.1) is 0 Å². The van der Waals surface area contributed by atoms with E-state index in [1.807, 2.05) is 78.9 Å². The zero-order valence-electron chi connectivity index (χ0n) is 27.5. The summed E-state index contributed by atoms with van der Waals surface area (Å²) >= 11 is 0. The van der Waals surface area contributed by atoms with E-state index in [2.05, 4.69) is 70.7 Å². The number of carbonyl (C=O) groups is 2. The van der Waals surface area contributed by atoms with E-state index in [-0.39, 0.29) is 18.9 Å². The van der Waals surface area contributed by atoms with E-state index in [4.69, 9.17) is 9.84 Å². The van der Waals surface area contributed by atoms with Gasteiger partial charge in [-0.3, -0.25) is 0 Å². The van der Waals surface area contributed by atoms with E-state index < -0.39 is 23.6 Å². The molecule has 8 rings (SSSR count). The summed E-state index contributed by atoms with van der Waals surface area (Å²) in [5, 5.41) is 18.3. The molecular weight excluding hydrogens is 622 g/mol. The van der Waals surface area contributed by atoms with E-state index in [9.17, 15) is 14.7 Å². The maximum Gasteiger partial charge on any atom is 0.407 e. The van der Waals surface area contributed by atoms with Crippen LogP contribution in [0.25, 0.3) is 11.1 Å². The minimum absolute atomic E-state index is 0.0311. The molecule has 1 heterocycles. The number of rotatable bonds is 10. The zero-order valence-corrected chi connectivity index (χ0v) is 27.5. The van der Waals surface area contributed by atoms with Crippen molar-refractivity contribution in [1.29, 1.82) is 0 Å². The molecule has 0 aliphatic heterocycles. The summed E-state index contributed by atoms with van der Waals surface area (Å²) in [6, 6.07) is 46.1. The molecule has 0 radical (unpaired) electrons. The van der Waals surface area contributed by atoms with Gasteiger partial charge in [-0.1, -0.05) is 140 Å². The van der Waals surface area contributed by atoms with Gasteiger partial charge in [-0.2, -0.15) is 5.10 Å². The quantitative estimate of drug-likeness (QED) is 0.147. The first kappa shape index (κ1) is 31.3. The topological polar surface area (TPSA) is 93.5 Å². The molecule has 0 unspecified atom stereocenters. The maximum absolute atomic E-state index is 13.3. The van der Waals surface area contributed by atoms with Crippen LogP contribution in [0.5, 0.6) is 0 Å². The van der Waals surface area contributed by atoms with Crippen molar-refractivity contribution < 1.29 is 19.4 Å². The number of aliphatic carboxylic acids is 1. The van der Waals surface area contributed by atoms with Crippen LogP contribution in [-0.4, -0.2) is 39.6 Å². The Kier molecular flexibility index (Phi) is 8.25. The van der Waals surface area contributed by atoms with Gasteiger partial charge < -0.3 is 15.2 Å². The fraction of sp³-hybridized carbons (Fsp3) is 0.186. The smallest absolute Gasteiger partial charge is 0.407 e. The first-order valence-electron chi connectivity index (χ1n) is 17.2. The Labute approximate surface area is 291 Å². The number of nitrogens with zero attached hydrogens (tertiary/aromatic N) is 2. The van der Waals surface area contributed by atoms with Gasteiger partial charge in [-0.15, -0.1) is 0 Å². The summed E-state index contributed by atoms with van der Waals surface area (Å²) in [7, 11) is 0. The molecule has 2 aliphatic rings. The number of carboxylic acid groups (broad SMARTS) is 1. The van der Waals surface area contributed by atoms with E-state index in [1.54, 1.807) is 0 Å². The number of hydrogen-bond donors (Lipinski definition) is 2. The van der Waals surface area contributed by atoms with Crippen molar-refractivity contribution >= 4 is 12.1 Å². The Morgan fingerprint density at radius 3 is 1.76 bits per heavy atom. The molecule has 248 valence electrons. The summed E-state index contributed by atoms with van der Waals surface area (Å²) in [6.45, 7) is 0.101. The van der Waals surface area contributed by atoms with Crippen LogP contribution in [0.4, 0.5) is 4.79 Å². The second kappa shape index (κ2) is 13.2. The largest absolute Gasteiger partial charge is 0.480 e. The molecule has 0 spiro atoms. The van der Waals surface area contributed by atoms with Crippen LogP contribution >= 0.6 is 0 Å². The lowest BCUT2D eigenvalue weighted by Gasteiger charge is -2.37. The van der Waals surface area contributed by atoms with Crippen molar-refractivity contribution in [3.63, 3.8) is 0 Å². The maximum atomic E-state index is 13.3. The fourth-order valence-electron chi connectivity index (χ4n) is 8.04. The molecule has 5 aromatic carbocycles. The first-order valence-corrected chi connectivity index (χ1v) is 17.2. The van der Waals surface area contributed by atoms with Gasteiger partial charge in [0.1, 0.15) is 18.2 Å². The van der Waals surface area contributed by atoms with E-state index in [1.165, 1.54) is 0 Å². The number of alkyl carbamates (subject to hydrolysis) is 1. The summed E-state index contributed by atoms with van der Waals surface area (Å²) in [6.07, 6.45) is 1.81. The molecular formula is C43H37N3O4. The molecule has 2 N–H and O–H groups in total. The third-order valence-electron chi connectivity index (χ3n) is 10.2. The van der Waals surface area contributed by atoms with Crippen molar-refractivity contribution in [2.24, 2.45) is 0 Å². The van der Waals surface area contributed by atoms with Gasteiger partial charge in [0.2, 0.25) is 0 Å². The second-order valence-electron chi connectivity index (χ2n) is 13.0. The lowest BCUT2D eigenvalue weighted by Crippen LogP contribution is -2.43. The molecule has 7 heteroatoms. The summed E-state index contributed by atoms with van der Waals surface area (Å²) < 4.78 is 7.87. The lowest BCUT2D eigenvalue weighted by molar-refractivity contribution is -0.139. The highest BCUT2D eigenvalue weighted by Crippen LogP contribution is 2.45. The van der Waals surface area contributed by atoms with E-state index >= 15 is 0 Å². The predicted molar refractivity (Wildman–Crippen MR) is 192 cm³/mol. The molecule has 1 amide bonds. The second-order valence-corrected chi connectivity index (χ2v) is 13.0. The highest BCUT2D eigenvalue weighted by atomic mass is 16.5. The number of ether oxygens (including phenoxy) is 1. The van der Waals surface area contributed by atoms with E-state index in [0.29, 0.717) is 5.69 Å². The van der Waals surface area contributed by atoms with E-state index in [0.717, 1.165) is 69.5 Å². The van der Waals surface area contributed by atoms with Crippen molar-refractivity contribution in [2.75, 3.05) is 6.61 Å². The van der Waals surface area contributed by atoms with Gasteiger partial charge in [-0.25, -0.2) is 14.3 Å². The van der Waals surface area contributed by atoms with Crippen LogP contribution in [0.2, 0.25) is 0 Å². The lowest BCUT2D eigenvalue weighted by atomic mass is 9.77. The van der Waals surface area contributed by atoms with Crippen LogP contribution < -0.4 is 5.32 Å². The minimum atomic E-state index is -1.22. The number of carbonyl (C=O) groups excluding carboxylic acids is 1. The summed E-state index contributed by atoms with van der Waals surface area (Å²) in [5.74, 6) is -1.27. The third-order valence-corrected chi connectivity index (χ3v) is 10.2. The minimum Gasteiger partial charge on any atom is -0.480 e. The molecule has 0 saturated carbocycles. The average molecular weight is 660 g/mol. The number of aromatic nitrogens is 2. The van der Waals surface area contributed by atoms with Gasteiger partial charge in [-0.05, 0) is 63.8 Å². The molecule has 0 fully saturated rings. The van der Waals surface area contributed by atoms with Crippen molar-refractivity contribution in [1.82, 2.24) is 15.1 Å². The van der Waals surface area contributed by atoms with Crippen molar-refractivity contribution in [3.8, 4) is 11.1 Å². The average Bonchev–Trinajstić information content (AvgIpc) is 3.86. The molecule has 7 nitrogen and oxygen atoms in total. The SMILES string of the molecule is O=C(N[C@@H](Cc1nn(C(c2ccccc2)(c2ccccc2)c2ccccc2)c2c1CCC2)C(=O)O)OCC1c2ccccc2-c2ccccc21. The summed E-state index contributed by atoms with van der Waals surface area (Å²) in [4.78, 5) is 26.0. The number of amides is 1. The molecule has 50 heavy (non-hydrogen) atoms. The molecule has 1 aromatic heterocycles. The molecule has 6 aromatic rings. The first-order chi connectivity index (χ1) is 24.6. The number of carboxylic acids is 1. The molecule has 0 saturated heterocycles. The Morgan fingerprint density at radius 2 is 1.24 bits per heavy atom. The van der Waals surface area contributed by atoms with Gasteiger partial charge in [0.25, 0.3) is 0 Å². The standard InChI is InChI=1S/C43H37N3O4/c47-41(48)39(44-42(49)50-28-37-34-23-12-10-21-32(34)33-22-11-13-24-35(33)37)27-38-36-25-14-26-40(36)46(45-38)43(29-15-4-1-5-16-29,30-17-6-2-7-18-30)31-19-8-3-9-20-31/h1-13,15-24,37,39H,14,25-28H2,(H,44,49)(H,47,48)/t39-/m0/s1. The number of nitrogens with one attached hydrogen (secondary N) is 1. The monoisotopic (exact) mass is 659 g/mol. The molecule has 0 bridgehead atoms. The summed E-state index contributed by atoms with van der Waals surface area (Å²) in [5.41, 5.74) is 9.59. The molecule has 2 aliphatic carbocycles. The Bertz CT molecular complexity index is 2020. The third kappa shape index (κ3) is 5.35. The van der Waals surface area contributed by atoms with Crippen molar-refractivity contribution in [2.45, 2.75) is 43.2 Å². The highest BCUT2D eigenvalue weighted by molar-refractivity contribution is 5.81. The Hall–Kier alpha value is -5.95. The van der Waals surface area contributed by atoms with Gasteiger partial charge in [0.15, 0.2) is 0 Å². The normalized spacial score (nSPS) is 14.0. The number of benzene rings is 5. The van der Waals surface area contributed by atoms with Crippen LogP contribution in [-0.2, 0) is 34.3 Å². The van der Waals surface area contributed by atoms with Crippen LogP contribution in [0.1, 0.15) is 57.1 Å². The Morgan fingerprint density at radius 1 is 0.740 bits per heavy atom. The van der Waals surface area contributed by atoms with Gasteiger partial charge in [0.05, 0.1) is 5.69 Å². The van der Waals surface area contributed by atoms with Gasteiger partial charge >= 0.3 is 12.1 Å². The van der Waals surface area contributed by atoms with Crippen LogP contribution in [0.15, 0.2) is 140 Å². The van der Waals surface area contributed by atoms with Crippen LogP contribution in [0.3, 0.4) is 0 Å². The fourth-order valence-corrected chi connectivity index (χ4v) is 8.04. The number of fused-ring (bicyclic) bond motifs is 4. The Balaban J connectivity index is 1.12.